The summed E-state index contributed by atoms with van der Waals surface area (Å²) < 4.78 is 29.3. The minimum absolute atomic E-state index is 0.0451. The summed E-state index contributed by atoms with van der Waals surface area (Å²) in [6.45, 7) is 5.68. The number of rotatable bonds is 13. The van der Waals surface area contributed by atoms with E-state index in [9.17, 15) is 18.0 Å². The highest BCUT2D eigenvalue weighted by atomic mass is 35.5. The van der Waals surface area contributed by atoms with Crippen LogP contribution >= 0.6 is 11.6 Å². The van der Waals surface area contributed by atoms with E-state index in [1.807, 2.05) is 81.4 Å². The zero-order valence-electron chi connectivity index (χ0n) is 25.2. The Morgan fingerprint density at radius 1 is 0.841 bits per heavy atom. The van der Waals surface area contributed by atoms with Gasteiger partial charge >= 0.3 is 0 Å². The number of sulfonamides is 1. The van der Waals surface area contributed by atoms with E-state index >= 15 is 0 Å². The third kappa shape index (κ3) is 8.27. The first-order valence-corrected chi connectivity index (χ1v) is 16.4. The van der Waals surface area contributed by atoms with E-state index in [-0.39, 0.29) is 29.5 Å². The zero-order chi connectivity index (χ0) is 31.7. The number of halogens is 1. The molecule has 0 spiro atoms. The predicted octanol–water partition coefficient (Wildman–Crippen LogP) is 6.32. The van der Waals surface area contributed by atoms with Crippen molar-refractivity contribution in [3.8, 4) is 0 Å². The Labute approximate surface area is 265 Å². The quantitative estimate of drug-likeness (QED) is 0.187. The van der Waals surface area contributed by atoms with Gasteiger partial charge in [-0.1, -0.05) is 103 Å². The topological polar surface area (TPSA) is 86.8 Å². The van der Waals surface area contributed by atoms with E-state index in [2.05, 4.69) is 5.32 Å². The van der Waals surface area contributed by atoms with Crippen molar-refractivity contribution in [1.29, 1.82) is 0 Å². The van der Waals surface area contributed by atoms with Gasteiger partial charge in [0.1, 0.15) is 12.6 Å². The molecule has 0 unspecified atom stereocenters. The number of nitrogens with one attached hydrogen (secondary N) is 1. The van der Waals surface area contributed by atoms with Gasteiger partial charge in [0.25, 0.3) is 10.0 Å². The van der Waals surface area contributed by atoms with Gasteiger partial charge in [0, 0.05) is 24.5 Å². The van der Waals surface area contributed by atoms with Gasteiger partial charge in [-0.15, -0.1) is 0 Å². The lowest BCUT2D eigenvalue weighted by molar-refractivity contribution is -0.140. The fraction of sp³-hybridized carbons (Fsp3) is 0.257. The van der Waals surface area contributed by atoms with Crippen molar-refractivity contribution in [3.63, 3.8) is 0 Å². The number of carbonyl (C=O) groups is 2. The maximum atomic E-state index is 14.4. The van der Waals surface area contributed by atoms with Crippen LogP contribution in [0.1, 0.15) is 35.6 Å². The number of aryl methyl sites for hydroxylation is 2. The molecule has 0 aliphatic carbocycles. The number of anilines is 1. The second-order valence-corrected chi connectivity index (χ2v) is 13.0. The Hall–Kier alpha value is -4.14. The fourth-order valence-corrected chi connectivity index (χ4v) is 6.38. The van der Waals surface area contributed by atoms with E-state index < -0.39 is 28.5 Å². The first kappa shape index (κ1) is 32.8. The van der Waals surface area contributed by atoms with Crippen LogP contribution in [0.2, 0.25) is 5.02 Å². The van der Waals surface area contributed by atoms with Crippen LogP contribution in [0.15, 0.2) is 108 Å². The second kappa shape index (κ2) is 15.0. The van der Waals surface area contributed by atoms with Gasteiger partial charge in [0.15, 0.2) is 0 Å². The normalized spacial score (nSPS) is 11.9. The van der Waals surface area contributed by atoms with Crippen molar-refractivity contribution >= 4 is 39.1 Å². The SMILES string of the molecule is CCCNC(=O)[C@H](Cc1ccccc1)N(Cc1ccccc1)C(=O)CN(c1ccc(C)c(Cl)c1)S(=O)(=O)c1ccc(C)cc1. The molecule has 9 heteroatoms. The Bertz CT molecular complexity index is 1660. The Morgan fingerprint density at radius 3 is 2.05 bits per heavy atom. The molecule has 0 aliphatic rings. The molecule has 0 saturated carbocycles. The van der Waals surface area contributed by atoms with Gasteiger partial charge in [0.2, 0.25) is 11.8 Å². The number of nitrogens with zero attached hydrogens (tertiary/aromatic N) is 2. The number of amides is 2. The smallest absolute Gasteiger partial charge is 0.264 e. The average Bonchev–Trinajstić information content (AvgIpc) is 3.02. The van der Waals surface area contributed by atoms with E-state index in [1.165, 1.54) is 17.0 Å². The number of benzene rings is 4. The third-order valence-electron chi connectivity index (χ3n) is 7.35. The number of carbonyl (C=O) groups excluding carboxylic acids is 2. The molecule has 4 aromatic carbocycles. The Balaban J connectivity index is 1.80. The summed E-state index contributed by atoms with van der Waals surface area (Å²) >= 11 is 6.44. The summed E-state index contributed by atoms with van der Waals surface area (Å²) in [6.07, 6.45) is 0.989. The van der Waals surface area contributed by atoms with Crippen molar-refractivity contribution in [3.05, 3.63) is 130 Å². The molecular formula is C35H38ClN3O4S. The van der Waals surface area contributed by atoms with Crippen LogP contribution in [-0.4, -0.2) is 44.3 Å². The van der Waals surface area contributed by atoms with E-state index in [0.717, 1.165) is 33.0 Å². The van der Waals surface area contributed by atoms with Crippen LogP contribution in [0.3, 0.4) is 0 Å². The number of hydrogen-bond acceptors (Lipinski definition) is 4. The summed E-state index contributed by atoms with van der Waals surface area (Å²) in [6, 6.07) is 29.3. The van der Waals surface area contributed by atoms with E-state index in [0.29, 0.717) is 11.6 Å². The van der Waals surface area contributed by atoms with Crippen molar-refractivity contribution in [2.24, 2.45) is 0 Å². The van der Waals surface area contributed by atoms with Gasteiger partial charge in [-0.05, 0) is 61.2 Å². The minimum atomic E-state index is -4.19. The van der Waals surface area contributed by atoms with Gasteiger partial charge < -0.3 is 10.2 Å². The molecular weight excluding hydrogens is 594 g/mol. The Morgan fingerprint density at radius 2 is 1.45 bits per heavy atom. The molecule has 0 aromatic heterocycles. The van der Waals surface area contributed by atoms with Gasteiger partial charge in [-0.2, -0.15) is 0 Å². The highest BCUT2D eigenvalue weighted by Crippen LogP contribution is 2.29. The van der Waals surface area contributed by atoms with Gasteiger partial charge in [0.05, 0.1) is 10.6 Å². The van der Waals surface area contributed by atoms with Crippen molar-refractivity contribution in [2.45, 2.75) is 51.1 Å². The Kier molecular flexibility index (Phi) is 11.2. The predicted molar refractivity (Wildman–Crippen MR) is 176 cm³/mol. The summed E-state index contributed by atoms with van der Waals surface area (Å²) in [5.41, 5.74) is 3.62. The molecule has 0 radical (unpaired) electrons. The maximum Gasteiger partial charge on any atom is 0.264 e. The second-order valence-electron chi connectivity index (χ2n) is 10.8. The molecule has 0 heterocycles. The molecule has 0 aliphatic heterocycles. The first-order chi connectivity index (χ1) is 21.1. The van der Waals surface area contributed by atoms with Crippen LogP contribution in [0, 0.1) is 13.8 Å². The average molecular weight is 632 g/mol. The summed E-state index contributed by atoms with van der Waals surface area (Å²) in [7, 11) is -4.19. The summed E-state index contributed by atoms with van der Waals surface area (Å²) in [5, 5.41) is 3.33. The maximum absolute atomic E-state index is 14.4. The molecule has 0 fully saturated rings. The molecule has 230 valence electrons. The fourth-order valence-electron chi connectivity index (χ4n) is 4.80. The minimum Gasteiger partial charge on any atom is -0.354 e. The summed E-state index contributed by atoms with van der Waals surface area (Å²) in [5.74, 6) is -0.819. The summed E-state index contributed by atoms with van der Waals surface area (Å²) in [4.78, 5) is 29.6. The lowest BCUT2D eigenvalue weighted by atomic mass is 10.0. The van der Waals surface area contributed by atoms with Crippen LogP contribution in [-0.2, 0) is 32.6 Å². The highest BCUT2D eigenvalue weighted by Gasteiger charge is 2.34. The van der Waals surface area contributed by atoms with Crippen molar-refractivity contribution < 1.29 is 18.0 Å². The van der Waals surface area contributed by atoms with E-state index in [4.69, 9.17) is 11.6 Å². The zero-order valence-corrected chi connectivity index (χ0v) is 26.8. The van der Waals surface area contributed by atoms with Gasteiger partial charge in [-0.3, -0.25) is 13.9 Å². The van der Waals surface area contributed by atoms with Crippen molar-refractivity contribution in [1.82, 2.24) is 10.2 Å². The number of hydrogen-bond donors (Lipinski definition) is 1. The molecule has 44 heavy (non-hydrogen) atoms. The van der Waals surface area contributed by atoms with Crippen molar-refractivity contribution in [2.75, 3.05) is 17.4 Å². The van der Waals surface area contributed by atoms with Gasteiger partial charge in [-0.25, -0.2) is 8.42 Å². The third-order valence-corrected chi connectivity index (χ3v) is 9.54. The molecule has 1 N–H and O–H groups in total. The largest absolute Gasteiger partial charge is 0.354 e. The molecule has 1 atom stereocenters. The lowest BCUT2D eigenvalue weighted by Crippen LogP contribution is -2.53. The first-order valence-electron chi connectivity index (χ1n) is 14.6. The molecule has 0 bridgehead atoms. The molecule has 0 saturated heterocycles. The lowest BCUT2D eigenvalue weighted by Gasteiger charge is -2.34. The highest BCUT2D eigenvalue weighted by molar-refractivity contribution is 7.92. The molecule has 2 amide bonds. The van der Waals surface area contributed by atoms with Crippen LogP contribution < -0.4 is 9.62 Å². The molecule has 4 rings (SSSR count). The molecule has 4 aromatic rings. The molecule has 7 nitrogen and oxygen atoms in total. The monoisotopic (exact) mass is 631 g/mol. The van der Waals surface area contributed by atoms with E-state index in [1.54, 1.807) is 30.3 Å². The van der Waals surface area contributed by atoms with Crippen LogP contribution in [0.4, 0.5) is 5.69 Å². The van der Waals surface area contributed by atoms with Crippen LogP contribution in [0.25, 0.3) is 0 Å². The standard InChI is InChI=1S/C35H38ClN3O4S/c1-4-21-37-35(41)33(22-28-11-7-5-8-12-28)38(24-29-13-9-6-10-14-29)34(40)25-39(30-18-17-27(3)32(36)23-30)44(42,43)31-19-15-26(2)16-20-31/h5-20,23,33H,4,21-22,24-25H2,1-3H3,(H,37,41)/t33-/m0/s1. The van der Waals surface area contributed by atoms with Crippen LogP contribution in [0.5, 0.6) is 0 Å².